The smallest absolute Gasteiger partial charge is 0.142 e. The number of hydrogen-bond donors (Lipinski definition) is 1. The van der Waals surface area contributed by atoms with Crippen LogP contribution >= 0.6 is 0 Å². The van der Waals surface area contributed by atoms with E-state index in [2.05, 4.69) is 10.3 Å². The molecule has 0 radical (unpaired) electrons. The van der Waals surface area contributed by atoms with E-state index >= 15 is 0 Å². The number of aromatic nitrogens is 1. The van der Waals surface area contributed by atoms with Crippen LogP contribution in [0.1, 0.15) is 11.3 Å². The number of anilines is 1. The van der Waals surface area contributed by atoms with Crippen molar-refractivity contribution in [3.63, 3.8) is 0 Å². The Labute approximate surface area is 120 Å². The van der Waals surface area contributed by atoms with Crippen LogP contribution in [-0.2, 0) is 16.6 Å². The minimum atomic E-state index is -0.907. The molecule has 0 aliphatic carbocycles. The van der Waals surface area contributed by atoms with Crippen molar-refractivity contribution in [3.8, 4) is 6.07 Å². The maximum Gasteiger partial charge on any atom is 0.142 e. The van der Waals surface area contributed by atoms with Gasteiger partial charge in [0.25, 0.3) is 0 Å². The van der Waals surface area contributed by atoms with Gasteiger partial charge in [0.15, 0.2) is 0 Å². The molecular formula is C15H15N3OS. The quantitative estimate of drug-likeness (QED) is 0.884. The highest BCUT2D eigenvalue weighted by molar-refractivity contribution is 7.84. The summed E-state index contributed by atoms with van der Waals surface area (Å²) in [5, 5.41) is 11.8. The van der Waals surface area contributed by atoms with Crippen molar-refractivity contribution < 1.29 is 4.21 Å². The molecule has 0 aliphatic rings. The van der Waals surface area contributed by atoms with E-state index in [-0.39, 0.29) is 0 Å². The van der Waals surface area contributed by atoms with Gasteiger partial charge in [0.05, 0.1) is 0 Å². The summed E-state index contributed by atoms with van der Waals surface area (Å²) < 4.78 is 11.9. The van der Waals surface area contributed by atoms with Crippen LogP contribution in [-0.4, -0.2) is 21.5 Å². The third-order valence-electron chi connectivity index (χ3n) is 2.67. The number of nitriles is 1. The van der Waals surface area contributed by atoms with Gasteiger partial charge in [-0.25, -0.2) is 4.98 Å². The Morgan fingerprint density at radius 3 is 2.70 bits per heavy atom. The number of benzene rings is 1. The zero-order chi connectivity index (χ0) is 14.2. The molecule has 2 aromatic rings. The normalized spacial score (nSPS) is 11.6. The zero-order valence-electron chi connectivity index (χ0n) is 11.0. The molecule has 102 valence electrons. The molecule has 1 aromatic heterocycles. The van der Waals surface area contributed by atoms with Crippen LogP contribution in [0.4, 0.5) is 5.82 Å². The molecule has 1 heterocycles. The summed E-state index contributed by atoms with van der Waals surface area (Å²) in [5.41, 5.74) is 1.45. The Balaban J connectivity index is 1.78. The minimum absolute atomic E-state index is 0.375. The molecule has 0 saturated heterocycles. The fourth-order valence-electron chi connectivity index (χ4n) is 1.72. The van der Waals surface area contributed by atoms with Gasteiger partial charge < -0.3 is 5.32 Å². The SMILES string of the molecule is N#Cc1cccc(NCCS(=O)Cc2ccccc2)n1. The summed E-state index contributed by atoms with van der Waals surface area (Å²) >= 11 is 0. The number of pyridine rings is 1. The molecule has 1 unspecified atom stereocenters. The van der Waals surface area contributed by atoms with Crippen molar-refractivity contribution in [3.05, 3.63) is 59.8 Å². The number of nitrogens with zero attached hydrogens (tertiary/aromatic N) is 2. The van der Waals surface area contributed by atoms with Gasteiger partial charge in [-0.2, -0.15) is 5.26 Å². The first-order chi connectivity index (χ1) is 9.78. The fraction of sp³-hybridized carbons (Fsp3) is 0.200. The van der Waals surface area contributed by atoms with E-state index in [1.54, 1.807) is 18.2 Å². The predicted octanol–water partition coefficient (Wildman–Crippen LogP) is 2.31. The van der Waals surface area contributed by atoms with Crippen LogP contribution in [0.2, 0.25) is 0 Å². The average molecular weight is 285 g/mol. The van der Waals surface area contributed by atoms with Gasteiger partial charge in [0.1, 0.15) is 17.6 Å². The molecule has 5 heteroatoms. The van der Waals surface area contributed by atoms with Crippen molar-refractivity contribution in [1.29, 1.82) is 5.26 Å². The number of hydrogen-bond acceptors (Lipinski definition) is 4. The standard InChI is InChI=1S/C15H15N3OS/c16-11-14-7-4-8-15(18-14)17-9-10-20(19)12-13-5-2-1-3-6-13/h1-8H,9-10,12H2,(H,17,18). The van der Waals surface area contributed by atoms with Crippen molar-refractivity contribution in [2.45, 2.75) is 5.75 Å². The summed E-state index contributed by atoms with van der Waals surface area (Å²) in [7, 11) is -0.907. The van der Waals surface area contributed by atoms with Crippen LogP contribution in [0, 0.1) is 11.3 Å². The highest BCUT2D eigenvalue weighted by Crippen LogP contribution is 2.05. The largest absolute Gasteiger partial charge is 0.369 e. The van der Waals surface area contributed by atoms with Gasteiger partial charge in [-0.3, -0.25) is 4.21 Å². The highest BCUT2D eigenvalue weighted by Gasteiger charge is 2.02. The second-order valence-electron chi connectivity index (χ2n) is 4.22. The van der Waals surface area contributed by atoms with Crippen molar-refractivity contribution >= 4 is 16.6 Å². The lowest BCUT2D eigenvalue weighted by Crippen LogP contribution is -2.13. The molecule has 2 rings (SSSR count). The summed E-state index contributed by atoms with van der Waals surface area (Å²) in [5.74, 6) is 1.75. The highest BCUT2D eigenvalue weighted by atomic mass is 32.2. The van der Waals surface area contributed by atoms with Gasteiger partial charge >= 0.3 is 0 Å². The van der Waals surface area contributed by atoms with Gasteiger partial charge in [-0.15, -0.1) is 0 Å². The predicted molar refractivity (Wildman–Crippen MR) is 80.6 cm³/mol. The summed E-state index contributed by atoms with van der Waals surface area (Å²) in [4.78, 5) is 4.10. The molecule has 0 fully saturated rings. The van der Waals surface area contributed by atoms with E-state index in [0.717, 1.165) is 5.56 Å². The van der Waals surface area contributed by atoms with Gasteiger partial charge in [-0.1, -0.05) is 36.4 Å². The zero-order valence-corrected chi connectivity index (χ0v) is 11.8. The number of nitrogens with one attached hydrogen (secondary N) is 1. The van der Waals surface area contributed by atoms with E-state index < -0.39 is 10.8 Å². The fourth-order valence-corrected chi connectivity index (χ4v) is 2.76. The Kier molecular flexibility index (Phi) is 5.27. The topological polar surface area (TPSA) is 65.8 Å². The Morgan fingerprint density at radius 1 is 1.15 bits per heavy atom. The molecule has 1 N–H and O–H groups in total. The van der Waals surface area contributed by atoms with Gasteiger partial charge in [-0.05, 0) is 17.7 Å². The molecule has 0 bridgehead atoms. The molecular weight excluding hydrogens is 270 g/mol. The van der Waals surface area contributed by atoms with Crippen LogP contribution in [0.15, 0.2) is 48.5 Å². The first kappa shape index (κ1) is 14.2. The molecule has 0 spiro atoms. The van der Waals surface area contributed by atoms with E-state index in [9.17, 15) is 4.21 Å². The van der Waals surface area contributed by atoms with Gasteiger partial charge in [0, 0.05) is 28.9 Å². The van der Waals surface area contributed by atoms with Crippen LogP contribution in [0.5, 0.6) is 0 Å². The van der Waals surface area contributed by atoms with E-state index in [0.29, 0.717) is 29.6 Å². The summed E-state index contributed by atoms with van der Waals surface area (Å²) in [6.07, 6.45) is 0. The third-order valence-corrected chi connectivity index (χ3v) is 3.98. The molecule has 4 nitrogen and oxygen atoms in total. The average Bonchev–Trinajstić information content (AvgIpc) is 2.48. The molecule has 0 amide bonds. The van der Waals surface area contributed by atoms with Crippen molar-refractivity contribution in [2.75, 3.05) is 17.6 Å². The third kappa shape index (κ3) is 4.48. The summed E-state index contributed by atoms with van der Waals surface area (Å²) in [6, 6.07) is 17.0. The van der Waals surface area contributed by atoms with Crippen LogP contribution in [0.3, 0.4) is 0 Å². The maximum absolute atomic E-state index is 11.9. The van der Waals surface area contributed by atoms with Gasteiger partial charge in [0.2, 0.25) is 0 Å². The van der Waals surface area contributed by atoms with Crippen LogP contribution < -0.4 is 5.32 Å². The van der Waals surface area contributed by atoms with E-state index in [1.807, 2.05) is 36.4 Å². The second kappa shape index (κ2) is 7.41. The minimum Gasteiger partial charge on any atom is -0.369 e. The van der Waals surface area contributed by atoms with Crippen molar-refractivity contribution in [1.82, 2.24) is 4.98 Å². The molecule has 20 heavy (non-hydrogen) atoms. The lowest BCUT2D eigenvalue weighted by atomic mass is 10.2. The van der Waals surface area contributed by atoms with Crippen LogP contribution in [0.25, 0.3) is 0 Å². The molecule has 0 aliphatic heterocycles. The summed E-state index contributed by atoms with van der Waals surface area (Å²) in [6.45, 7) is 0.571. The molecule has 0 saturated carbocycles. The van der Waals surface area contributed by atoms with E-state index in [4.69, 9.17) is 5.26 Å². The second-order valence-corrected chi connectivity index (χ2v) is 5.80. The number of rotatable bonds is 6. The Bertz CT molecular complexity index is 623. The van der Waals surface area contributed by atoms with E-state index in [1.165, 1.54) is 0 Å². The first-order valence-electron chi connectivity index (χ1n) is 6.28. The molecule has 1 atom stereocenters. The lowest BCUT2D eigenvalue weighted by molar-refractivity contribution is 0.682. The first-order valence-corrected chi connectivity index (χ1v) is 7.76. The monoisotopic (exact) mass is 285 g/mol. The Hall–Kier alpha value is -2.19. The maximum atomic E-state index is 11.9. The molecule has 1 aromatic carbocycles. The van der Waals surface area contributed by atoms with Crippen molar-refractivity contribution in [2.24, 2.45) is 0 Å². The Morgan fingerprint density at radius 2 is 1.95 bits per heavy atom. The lowest BCUT2D eigenvalue weighted by Gasteiger charge is -2.06.